The number of benzene rings is 2. The molecule has 0 aliphatic carbocycles. The minimum absolute atomic E-state index is 0.128. The number of halogens is 3. The van der Waals surface area contributed by atoms with Gasteiger partial charge in [-0.3, -0.25) is 4.79 Å². The molecule has 4 nitrogen and oxygen atoms in total. The lowest BCUT2D eigenvalue weighted by molar-refractivity contribution is -0.114. The molecule has 122 valence electrons. The minimum Gasteiger partial charge on any atom is -0.433 e. The van der Waals surface area contributed by atoms with Crippen LogP contribution >= 0.6 is 0 Å². The van der Waals surface area contributed by atoms with Crippen LogP contribution in [0.25, 0.3) is 0 Å². The van der Waals surface area contributed by atoms with Crippen LogP contribution in [0, 0.1) is 12.7 Å². The molecule has 0 radical (unpaired) electrons. The topological polar surface area (TPSA) is 50.4 Å². The van der Waals surface area contributed by atoms with Crippen LogP contribution in [0.1, 0.15) is 5.56 Å². The van der Waals surface area contributed by atoms with Crippen molar-refractivity contribution < 1.29 is 22.7 Å². The van der Waals surface area contributed by atoms with Gasteiger partial charge in [-0.15, -0.1) is 0 Å². The molecule has 0 spiro atoms. The molecule has 2 aromatic rings. The Kier molecular flexibility index (Phi) is 5.46. The standard InChI is InChI=1S/C16H15F3N2O2/c1-10-6-7-11(8-12(10)17)20-9-15(22)21-13-4-2-3-5-14(13)23-16(18)19/h2-8,16,20H,9H2,1H3,(H,21,22). The van der Waals surface area contributed by atoms with E-state index in [1.54, 1.807) is 25.1 Å². The molecule has 2 aromatic carbocycles. The Morgan fingerprint density at radius 2 is 1.96 bits per heavy atom. The average molecular weight is 324 g/mol. The second-order valence-electron chi connectivity index (χ2n) is 4.74. The molecule has 23 heavy (non-hydrogen) atoms. The molecule has 0 aliphatic heterocycles. The molecular formula is C16H15F3N2O2. The highest BCUT2D eigenvalue weighted by atomic mass is 19.3. The van der Waals surface area contributed by atoms with E-state index in [2.05, 4.69) is 15.4 Å². The van der Waals surface area contributed by atoms with E-state index in [1.807, 2.05) is 0 Å². The smallest absolute Gasteiger partial charge is 0.387 e. The van der Waals surface area contributed by atoms with Gasteiger partial charge in [-0.25, -0.2) is 4.39 Å². The zero-order chi connectivity index (χ0) is 16.8. The molecule has 0 unspecified atom stereocenters. The Hall–Kier alpha value is -2.70. The highest BCUT2D eigenvalue weighted by molar-refractivity contribution is 5.95. The van der Waals surface area contributed by atoms with Crippen molar-refractivity contribution in [3.63, 3.8) is 0 Å². The molecule has 0 atom stereocenters. The van der Waals surface area contributed by atoms with E-state index in [0.717, 1.165) is 0 Å². The fraction of sp³-hybridized carbons (Fsp3) is 0.188. The lowest BCUT2D eigenvalue weighted by Crippen LogP contribution is -2.22. The van der Waals surface area contributed by atoms with Gasteiger partial charge >= 0.3 is 6.61 Å². The first-order valence-electron chi connectivity index (χ1n) is 6.79. The highest BCUT2D eigenvalue weighted by Crippen LogP contribution is 2.25. The zero-order valence-corrected chi connectivity index (χ0v) is 12.3. The van der Waals surface area contributed by atoms with Crippen LogP contribution in [-0.4, -0.2) is 19.1 Å². The molecule has 0 saturated carbocycles. The largest absolute Gasteiger partial charge is 0.433 e. The Morgan fingerprint density at radius 1 is 1.22 bits per heavy atom. The van der Waals surface area contributed by atoms with Crippen molar-refractivity contribution in [2.24, 2.45) is 0 Å². The summed E-state index contributed by atoms with van der Waals surface area (Å²) < 4.78 is 42.3. The molecular weight excluding hydrogens is 309 g/mol. The van der Waals surface area contributed by atoms with Gasteiger partial charge in [0, 0.05) is 5.69 Å². The van der Waals surface area contributed by atoms with Crippen molar-refractivity contribution in [3.05, 3.63) is 53.8 Å². The summed E-state index contributed by atoms with van der Waals surface area (Å²) in [6, 6.07) is 10.4. The normalized spacial score (nSPS) is 10.5. The third kappa shape index (κ3) is 4.91. The summed E-state index contributed by atoms with van der Waals surface area (Å²) in [6.07, 6.45) is 0. The second kappa shape index (κ2) is 7.53. The lowest BCUT2D eigenvalue weighted by atomic mass is 10.2. The number of ether oxygens (including phenoxy) is 1. The molecule has 0 heterocycles. The number of alkyl halides is 2. The molecule has 7 heteroatoms. The van der Waals surface area contributed by atoms with E-state index in [-0.39, 0.29) is 23.8 Å². The molecule has 1 amide bonds. The number of carbonyl (C=O) groups is 1. The number of hydrogen-bond acceptors (Lipinski definition) is 3. The van der Waals surface area contributed by atoms with Crippen LogP contribution in [0.4, 0.5) is 24.5 Å². The van der Waals surface area contributed by atoms with E-state index in [9.17, 15) is 18.0 Å². The number of para-hydroxylation sites is 2. The maximum Gasteiger partial charge on any atom is 0.387 e. The minimum atomic E-state index is -2.98. The van der Waals surface area contributed by atoms with Crippen molar-refractivity contribution in [1.82, 2.24) is 0 Å². The van der Waals surface area contributed by atoms with Gasteiger partial charge in [0.1, 0.15) is 11.6 Å². The SMILES string of the molecule is Cc1ccc(NCC(=O)Nc2ccccc2OC(F)F)cc1F. The van der Waals surface area contributed by atoms with E-state index in [4.69, 9.17) is 0 Å². The monoisotopic (exact) mass is 324 g/mol. The fourth-order valence-electron chi connectivity index (χ4n) is 1.85. The van der Waals surface area contributed by atoms with Gasteiger partial charge in [0.05, 0.1) is 12.2 Å². The van der Waals surface area contributed by atoms with Crippen molar-refractivity contribution in [3.8, 4) is 5.75 Å². The fourth-order valence-corrected chi connectivity index (χ4v) is 1.85. The van der Waals surface area contributed by atoms with E-state index in [0.29, 0.717) is 11.3 Å². The van der Waals surface area contributed by atoms with Gasteiger partial charge < -0.3 is 15.4 Å². The highest BCUT2D eigenvalue weighted by Gasteiger charge is 2.11. The summed E-state index contributed by atoms with van der Waals surface area (Å²) in [5.74, 6) is -0.986. The predicted octanol–water partition coefficient (Wildman–Crippen LogP) is 3.79. The predicted molar refractivity (Wildman–Crippen MR) is 81.3 cm³/mol. The number of nitrogens with one attached hydrogen (secondary N) is 2. The average Bonchev–Trinajstić information content (AvgIpc) is 2.50. The summed E-state index contributed by atoms with van der Waals surface area (Å²) >= 11 is 0. The van der Waals surface area contributed by atoms with Crippen LogP contribution in [0.5, 0.6) is 5.75 Å². The van der Waals surface area contributed by atoms with Crippen molar-refractivity contribution in [1.29, 1.82) is 0 Å². The van der Waals surface area contributed by atoms with Gasteiger partial charge in [0.25, 0.3) is 0 Å². The summed E-state index contributed by atoms with van der Waals surface area (Å²) in [5, 5.41) is 5.21. The maximum absolute atomic E-state index is 13.4. The zero-order valence-electron chi connectivity index (χ0n) is 12.3. The summed E-state index contributed by atoms with van der Waals surface area (Å²) in [4.78, 5) is 11.9. The number of rotatable bonds is 6. The van der Waals surface area contributed by atoms with Gasteiger partial charge in [0.15, 0.2) is 0 Å². The summed E-state index contributed by atoms with van der Waals surface area (Å²) in [7, 11) is 0. The first-order chi connectivity index (χ1) is 11.0. The third-order valence-electron chi connectivity index (χ3n) is 3.00. The van der Waals surface area contributed by atoms with Gasteiger partial charge in [0.2, 0.25) is 5.91 Å². The first kappa shape index (κ1) is 16.7. The Labute approximate surface area is 131 Å². The molecule has 0 fully saturated rings. The number of hydrogen-bond donors (Lipinski definition) is 2. The Bertz CT molecular complexity index is 693. The number of aryl methyl sites for hydroxylation is 1. The van der Waals surface area contributed by atoms with Gasteiger partial charge in [-0.05, 0) is 36.8 Å². The van der Waals surface area contributed by atoms with Crippen molar-refractivity contribution >= 4 is 17.3 Å². The number of amides is 1. The lowest BCUT2D eigenvalue weighted by Gasteiger charge is -2.12. The molecule has 2 N–H and O–H groups in total. The van der Waals surface area contributed by atoms with Gasteiger partial charge in [-0.1, -0.05) is 18.2 Å². The second-order valence-corrected chi connectivity index (χ2v) is 4.74. The molecule has 0 aliphatic rings. The third-order valence-corrected chi connectivity index (χ3v) is 3.00. The molecule has 0 aromatic heterocycles. The molecule has 0 saturated heterocycles. The van der Waals surface area contributed by atoms with Crippen LogP contribution in [0.3, 0.4) is 0 Å². The molecule has 0 bridgehead atoms. The molecule has 2 rings (SSSR count). The Morgan fingerprint density at radius 3 is 2.65 bits per heavy atom. The van der Waals surface area contributed by atoms with Crippen LogP contribution in [0.2, 0.25) is 0 Å². The number of carbonyl (C=O) groups excluding carboxylic acids is 1. The first-order valence-corrected chi connectivity index (χ1v) is 6.79. The van der Waals surface area contributed by atoms with Gasteiger partial charge in [-0.2, -0.15) is 8.78 Å². The van der Waals surface area contributed by atoms with E-state index in [1.165, 1.54) is 24.3 Å². The van der Waals surface area contributed by atoms with Crippen LogP contribution < -0.4 is 15.4 Å². The quantitative estimate of drug-likeness (QED) is 0.850. The van der Waals surface area contributed by atoms with Crippen LogP contribution in [0.15, 0.2) is 42.5 Å². The summed E-state index contributed by atoms with van der Waals surface area (Å²) in [5.41, 5.74) is 1.08. The van der Waals surface area contributed by atoms with Crippen molar-refractivity contribution in [2.45, 2.75) is 13.5 Å². The summed E-state index contributed by atoms with van der Waals surface area (Å²) in [6.45, 7) is -1.50. The number of anilines is 2. The Balaban J connectivity index is 1.96. The van der Waals surface area contributed by atoms with E-state index >= 15 is 0 Å². The van der Waals surface area contributed by atoms with Crippen molar-refractivity contribution in [2.75, 3.05) is 17.2 Å². The maximum atomic E-state index is 13.4. The van der Waals surface area contributed by atoms with E-state index < -0.39 is 12.5 Å². The van der Waals surface area contributed by atoms with Crippen LogP contribution in [-0.2, 0) is 4.79 Å².